The monoisotopic (exact) mass is 453 g/mol. The van der Waals surface area contributed by atoms with Gasteiger partial charge in [-0.25, -0.2) is 0 Å². The van der Waals surface area contributed by atoms with Gasteiger partial charge in [0.1, 0.15) is 5.75 Å². The number of phenols is 1. The second-order valence-electron chi connectivity index (χ2n) is 9.55. The number of dihydropyridines is 1. The highest BCUT2D eigenvalue weighted by atomic mass is 32.2. The maximum atomic E-state index is 10.4. The van der Waals surface area contributed by atoms with Gasteiger partial charge in [-0.3, -0.25) is 14.9 Å². The summed E-state index contributed by atoms with van der Waals surface area (Å²) in [6, 6.07) is 8.20. The minimum absolute atomic E-state index is 0.281. The average molecular weight is 454 g/mol. The van der Waals surface area contributed by atoms with Gasteiger partial charge in [-0.1, -0.05) is 31.6 Å². The molecule has 1 aromatic rings. The number of hydrogen-bond donors (Lipinski definition) is 1. The molecule has 4 nitrogen and oxygen atoms in total. The predicted octanol–water partition coefficient (Wildman–Crippen LogP) is 6.12. The van der Waals surface area contributed by atoms with E-state index in [1.807, 2.05) is 36.2 Å². The highest BCUT2D eigenvalue weighted by Crippen LogP contribution is 2.41. The molecule has 0 spiro atoms. The third-order valence-electron chi connectivity index (χ3n) is 6.95. The number of aliphatic imine (C=N–C) groups is 2. The molecule has 174 valence electrons. The molecule has 3 rings (SSSR count). The van der Waals surface area contributed by atoms with Crippen molar-refractivity contribution in [1.82, 2.24) is 4.90 Å². The van der Waals surface area contributed by atoms with Crippen LogP contribution >= 0.6 is 11.8 Å². The number of phenolic OH excluding ortho intramolecular Hbond substituents is 1. The summed E-state index contributed by atoms with van der Waals surface area (Å²) in [4.78, 5) is 11.8. The van der Waals surface area contributed by atoms with E-state index >= 15 is 0 Å². The Labute approximate surface area is 198 Å². The number of nitrogens with zero attached hydrogens (tertiary/aromatic N) is 3. The van der Waals surface area contributed by atoms with Gasteiger partial charge in [-0.2, -0.15) is 11.8 Å². The highest BCUT2D eigenvalue weighted by Gasteiger charge is 2.33. The lowest BCUT2D eigenvalue weighted by Gasteiger charge is -2.43. The first-order valence-electron chi connectivity index (χ1n) is 11.8. The fraction of sp³-hybridized carbons (Fsp3) is 0.556. The third kappa shape index (κ3) is 6.14. The van der Waals surface area contributed by atoms with Gasteiger partial charge < -0.3 is 5.11 Å². The summed E-state index contributed by atoms with van der Waals surface area (Å²) in [7, 11) is 1.80. The van der Waals surface area contributed by atoms with Crippen LogP contribution in [-0.4, -0.2) is 60.1 Å². The Morgan fingerprint density at radius 2 is 2.03 bits per heavy atom. The zero-order chi connectivity index (χ0) is 23.1. The molecule has 2 aliphatic rings. The van der Waals surface area contributed by atoms with Gasteiger partial charge in [0.25, 0.3) is 0 Å². The van der Waals surface area contributed by atoms with Crippen LogP contribution in [0.4, 0.5) is 0 Å². The van der Waals surface area contributed by atoms with Crippen LogP contribution in [0.3, 0.4) is 0 Å². The van der Waals surface area contributed by atoms with Crippen LogP contribution in [-0.2, 0) is 0 Å². The van der Waals surface area contributed by atoms with Gasteiger partial charge in [0.15, 0.2) is 0 Å². The second-order valence-corrected chi connectivity index (χ2v) is 10.5. The van der Waals surface area contributed by atoms with Gasteiger partial charge in [-0.15, -0.1) is 0 Å². The van der Waals surface area contributed by atoms with E-state index in [4.69, 9.17) is 4.99 Å². The number of benzene rings is 1. The van der Waals surface area contributed by atoms with E-state index in [1.54, 1.807) is 13.1 Å². The van der Waals surface area contributed by atoms with Crippen molar-refractivity contribution in [2.24, 2.45) is 15.4 Å². The standard InChI is InChI=1S/C27H39N3OS/c1-6-22(19-32-5)30-13-11-27(3,12-14-30)17-21-15-24(20(2)18-28-4)29-25(16-21)23-9-7-8-10-26(23)31/h7-10,16,18,22,31H,6,11-15,17,19H2,1-5H3/b24-20+,28-18?. The molecule has 0 saturated carbocycles. The Morgan fingerprint density at radius 3 is 2.66 bits per heavy atom. The van der Waals surface area contributed by atoms with Crippen molar-refractivity contribution in [3.63, 3.8) is 0 Å². The van der Waals surface area contributed by atoms with Crippen LogP contribution < -0.4 is 0 Å². The molecule has 1 unspecified atom stereocenters. The van der Waals surface area contributed by atoms with Crippen LogP contribution in [0.5, 0.6) is 5.75 Å². The molecule has 32 heavy (non-hydrogen) atoms. The molecule has 1 atom stereocenters. The lowest BCUT2D eigenvalue weighted by molar-refractivity contribution is 0.0889. The third-order valence-corrected chi connectivity index (χ3v) is 7.67. The molecule has 0 aliphatic carbocycles. The number of allylic oxidation sites excluding steroid dienone is 3. The first-order valence-corrected chi connectivity index (χ1v) is 13.2. The molecule has 5 heteroatoms. The Morgan fingerprint density at radius 1 is 1.31 bits per heavy atom. The van der Waals surface area contributed by atoms with Crippen LogP contribution in [0, 0.1) is 5.41 Å². The Bertz CT molecular complexity index is 907. The SMILES string of the molecule is CCC(CSC)N1CCC(C)(CC2=CC(c3ccccc3O)=N/C(=C(\C)C=NC)C2)CC1. The fourth-order valence-corrected chi connectivity index (χ4v) is 5.77. The molecule has 1 N–H and O–H groups in total. The van der Waals surface area contributed by atoms with Gasteiger partial charge >= 0.3 is 0 Å². The summed E-state index contributed by atoms with van der Waals surface area (Å²) in [5, 5.41) is 10.4. The number of piperidine rings is 1. The summed E-state index contributed by atoms with van der Waals surface area (Å²) in [6.07, 6.45) is 11.9. The van der Waals surface area contributed by atoms with Crippen molar-refractivity contribution in [1.29, 1.82) is 0 Å². The second kappa shape index (κ2) is 11.3. The van der Waals surface area contributed by atoms with Crippen molar-refractivity contribution in [2.45, 2.75) is 58.9 Å². The fourth-order valence-electron chi connectivity index (χ4n) is 4.94. The first-order chi connectivity index (χ1) is 15.4. The normalized spacial score (nSPS) is 21.9. The van der Waals surface area contributed by atoms with Gasteiger partial charge in [0.05, 0.1) is 5.71 Å². The molecule has 0 aromatic heterocycles. The van der Waals surface area contributed by atoms with E-state index in [-0.39, 0.29) is 5.75 Å². The van der Waals surface area contributed by atoms with E-state index in [1.165, 1.54) is 43.7 Å². The minimum atomic E-state index is 0.281. The van der Waals surface area contributed by atoms with E-state index in [0.717, 1.165) is 35.4 Å². The van der Waals surface area contributed by atoms with E-state index in [0.29, 0.717) is 11.5 Å². The van der Waals surface area contributed by atoms with Crippen molar-refractivity contribution in [3.8, 4) is 5.75 Å². The molecular formula is C27H39N3OS. The van der Waals surface area contributed by atoms with Gasteiger partial charge in [0.2, 0.25) is 0 Å². The van der Waals surface area contributed by atoms with E-state index in [2.05, 4.69) is 43.0 Å². The first kappa shape index (κ1) is 24.8. The van der Waals surface area contributed by atoms with Gasteiger partial charge in [-0.05, 0) is 81.1 Å². The van der Waals surface area contributed by atoms with Crippen LogP contribution in [0.25, 0.3) is 0 Å². The Balaban J connectivity index is 1.81. The molecule has 1 fully saturated rings. The lowest BCUT2D eigenvalue weighted by Crippen LogP contribution is -2.45. The van der Waals surface area contributed by atoms with Crippen molar-refractivity contribution in [2.75, 3.05) is 32.1 Å². The topological polar surface area (TPSA) is 48.2 Å². The Kier molecular flexibility index (Phi) is 8.78. The molecular weight excluding hydrogens is 414 g/mol. The summed E-state index contributed by atoms with van der Waals surface area (Å²) in [5.74, 6) is 1.51. The van der Waals surface area contributed by atoms with Crippen LogP contribution in [0.2, 0.25) is 0 Å². The molecule has 1 aromatic carbocycles. The molecule has 0 radical (unpaired) electrons. The summed E-state index contributed by atoms with van der Waals surface area (Å²) in [5.41, 5.74) is 5.51. The van der Waals surface area contributed by atoms with Gasteiger partial charge in [0, 0.05) is 42.7 Å². The minimum Gasteiger partial charge on any atom is -0.507 e. The van der Waals surface area contributed by atoms with Crippen molar-refractivity contribution >= 4 is 23.7 Å². The quantitative estimate of drug-likeness (QED) is 0.482. The van der Waals surface area contributed by atoms with E-state index in [9.17, 15) is 5.11 Å². The number of aromatic hydroxyl groups is 1. The molecule has 0 bridgehead atoms. The number of para-hydroxylation sites is 1. The number of likely N-dealkylation sites (tertiary alicyclic amines) is 1. The summed E-state index contributed by atoms with van der Waals surface area (Å²) >= 11 is 1.96. The average Bonchev–Trinajstić information content (AvgIpc) is 2.78. The number of thioether (sulfide) groups is 1. The predicted molar refractivity (Wildman–Crippen MR) is 140 cm³/mol. The maximum absolute atomic E-state index is 10.4. The molecule has 0 amide bonds. The summed E-state index contributed by atoms with van der Waals surface area (Å²) in [6.45, 7) is 9.22. The molecule has 2 heterocycles. The van der Waals surface area contributed by atoms with Crippen LogP contribution in [0.1, 0.15) is 58.4 Å². The zero-order valence-corrected chi connectivity index (χ0v) is 21.2. The number of rotatable bonds is 8. The van der Waals surface area contributed by atoms with Crippen molar-refractivity contribution in [3.05, 3.63) is 52.7 Å². The smallest absolute Gasteiger partial charge is 0.124 e. The van der Waals surface area contributed by atoms with Crippen LogP contribution in [0.15, 0.2) is 57.2 Å². The lowest BCUT2D eigenvalue weighted by atomic mass is 9.74. The summed E-state index contributed by atoms with van der Waals surface area (Å²) < 4.78 is 0. The zero-order valence-electron chi connectivity index (χ0n) is 20.4. The Hall–Kier alpha value is -1.85. The molecule has 1 saturated heterocycles. The number of hydrogen-bond acceptors (Lipinski definition) is 5. The van der Waals surface area contributed by atoms with Crippen molar-refractivity contribution < 1.29 is 5.11 Å². The highest BCUT2D eigenvalue weighted by molar-refractivity contribution is 7.98. The largest absolute Gasteiger partial charge is 0.507 e. The molecule has 2 aliphatic heterocycles. The maximum Gasteiger partial charge on any atom is 0.124 e. The van der Waals surface area contributed by atoms with E-state index < -0.39 is 0 Å².